The molecule has 20 heavy (non-hydrogen) atoms. The first kappa shape index (κ1) is 19.3. The SMILES string of the molecule is C/C=C/O/C=C/CCCCCCCCCCCCCC. The Hall–Kier alpha value is -0.720. The number of hydrogen-bond acceptors (Lipinski definition) is 1. The predicted molar refractivity (Wildman–Crippen MR) is 90.7 cm³/mol. The number of unbranched alkanes of at least 4 members (excludes halogenated alkanes) is 12. The molecule has 1 nitrogen and oxygen atoms in total. The summed E-state index contributed by atoms with van der Waals surface area (Å²) in [5.41, 5.74) is 0. The molecule has 0 aromatic heterocycles. The third-order valence-corrected chi connectivity index (χ3v) is 3.61. The predicted octanol–water partition coefficient (Wildman–Crippen LogP) is 7.14. The summed E-state index contributed by atoms with van der Waals surface area (Å²) in [6.45, 7) is 4.24. The monoisotopic (exact) mass is 280 g/mol. The molecule has 0 bridgehead atoms. The van der Waals surface area contributed by atoms with E-state index in [1.165, 1.54) is 77.0 Å². The van der Waals surface area contributed by atoms with Gasteiger partial charge in [-0.25, -0.2) is 0 Å². The Morgan fingerprint density at radius 1 is 0.650 bits per heavy atom. The van der Waals surface area contributed by atoms with Gasteiger partial charge >= 0.3 is 0 Å². The first-order valence-corrected chi connectivity index (χ1v) is 8.83. The average Bonchev–Trinajstić information content (AvgIpc) is 2.47. The number of hydrogen-bond donors (Lipinski definition) is 0. The minimum Gasteiger partial charge on any atom is -0.473 e. The molecule has 0 rings (SSSR count). The summed E-state index contributed by atoms with van der Waals surface area (Å²) in [7, 11) is 0. The van der Waals surface area contributed by atoms with Gasteiger partial charge in [-0.05, 0) is 25.8 Å². The van der Waals surface area contributed by atoms with Gasteiger partial charge in [0.05, 0.1) is 12.5 Å². The van der Waals surface area contributed by atoms with Crippen LogP contribution in [0.3, 0.4) is 0 Å². The first-order chi connectivity index (χ1) is 9.91. The summed E-state index contributed by atoms with van der Waals surface area (Å²) in [4.78, 5) is 0. The van der Waals surface area contributed by atoms with Crippen molar-refractivity contribution in [3.63, 3.8) is 0 Å². The van der Waals surface area contributed by atoms with E-state index in [1.807, 2.05) is 13.0 Å². The van der Waals surface area contributed by atoms with Crippen LogP contribution in [-0.4, -0.2) is 0 Å². The molecule has 0 fully saturated rings. The number of ether oxygens (including phenoxy) is 1. The van der Waals surface area contributed by atoms with Crippen LogP contribution in [-0.2, 0) is 4.74 Å². The second kappa shape index (κ2) is 18.3. The Morgan fingerprint density at radius 2 is 1.15 bits per heavy atom. The Morgan fingerprint density at radius 3 is 1.65 bits per heavy atom. The molecular formula is C19H36O. The van der Waals surface area contributed by atoms with E-state index in [0.717, 1.165) is 6.42 Å². The fraction of sp³-hybridized carbons (Fsp3) is 0.789. The Labute approximate surface area is 127 Å². The lowest BCUT2D eigenvalue weighted by atomic mass is 10.0. The number of rotatable bonds is 15. The van der Waals surface area contributed by atoms with Gasteiger partial charge in [0.15, 0.2) is 0 Å². The van der Waals surface area contributed by atoms with Crippen molar-refractivity contribution in [1.29, 1.82) is 0 Å². The van der Waals surface area contributed by atoms with Gasteiger partial charge in [0.2, 0.25) is 0 Å². The maximum atomic E-state index is 5.13. The van der Waals surface area contributed by atoms with Crippen LogP contribution in [0, 0.1) is 0 Å². The molecule has 0 radical (unpaired) electrons. The van der Waals surface area contributed by atoms with Gasteiger partial charge in [0, 0.05) is 0 Å². The highest BCUT2D eigenvalue weighted by Gasteiger charge is 1.92. The molecule has 1 heteroatoms. The summed E-state index contributed by atoms with van der Waals surface area (Å²) < 4.78 is 5.13. The highest BCUT2D eigenvalue weighted by molar-refractivity contribution is 4.77. The van der Waals surface area contributed by atoms with Gasteiger partial charge in [0.1, 0.15) is 0 Å². The zero-order valence-electron chi connectivity index (χ0n) is 13.9. The third-order valence-electron chi connectivity index (χ3n) is 3.61. The standard InChI is InChI=1S/C19H36O/c1-3-5-6-7-8-9-10-11-12-13-14-15-16-17-19-20-18-4-2/h4,17-19H,3,5-16H2,1-2H3/b18-4+,19-17+. The lowest BCUT2D eigenvalue weighted by molar-refractivity contribution is 0.399. The van der Waals surface area contributed by atoms with Gasteiger partial charge < -0.3 is 4.74 Å². The van der Waals surface area contributed by atoms with Crippen LogP contribution < -0.4 is 0 Å². The topological polar surface area (TPSA) is 9.23 Å². The van der Waals surface area contributed by atoms with E-state index in [4.69, 9.17) is 4.74 Å². The minimum atomic E-state index is 1.15. The Balaban J connectivity index is 3.01. The molecule has 0 aliphatic heterocycles. The molecule has 118 valence electrons. The lowest BCUT2D eigenvalue weighted by Gasteiger charge is -2.02. The van der Waals surface area contributed by atoms with Gasteiger partial charge in [-0.3, -0.25) is 0 Å². The second-order valence-corrected chi connectivity index (χ2v) is 5.66. The fourth-order valence-corrected chi connectivity index (χ4v) is 2.35. The largest absolute Gasteiger partial charge is 0.473 e. The lowest BCUT2D eigenvalue weighted by Crippen LogP contribution is -1.82. The zero-order valence-corrected chi connectivity index (χ0v) is 13.9. The van der Waals surface area contributed by atoms with E-state index in [1.54, 1.807) is 12.5 Å². The molecule has 0 spiro atoms. The Kier molecular flexibility index (Phi) is 17.6. The molecule has 0 saturated carbocycles. The maximum absolute atomic E-state index is 5.13. The van der Waals surface area contributed by atoms with E-state index in [2.05, 4.69) is 13.0 Å². The van der Waals surface area contributed by atoms with Crippen molar-refractivity contribution >= 4 is 0 Å². The number of allylic oxidation sites excluding steroid dienone is 2. The van der Waals surface area contributed by atoms with Crippen LogP contribution in [0.4, 0.5) is 0 Å². The van der Waals surface area contributed by atoms with Crippen molar-refractivity contribution in [2.45, 2.75) is 97.3 Å². The average molecular weight is 280 g/mol. The molecule has 0 saturated heterocycles. The molecule has 0 aromatic carbocycles. The summed E-state index contributed by atoms with van der Waals surface area (Å²) in [5.74, 6) is 0. The van der Waals surface area contributed by atoms with Crippen molar-refractivity contribution in [3.8, 4) is 0 Å². The van der Waals surface area contributed by atoms with Crippen LogP contribution in [0.1, 0.15) is 97.3 Å². The van der Waals surface area contributed by atoms with Crippen LogP contribution in [0.15, 0.2) is 24.7 Å². The normalized spacial score (nSPS) is 11.7. The summed E-state index contributed by atoms with van der Waals surface area (Å²) in [6, 6.07) is 0. The Bertz CT molecular complexity index is 218. The highest BCUT2D eigenvalue weighted by atomic mass is 16.5. The van der Waals surface area contributed by atoms with Crippen molar-refractivity contribution < 1.29 is 4.74 Å². The van der Waals surface area contributed by atoms with E-state index >= 15 is 0 Å². The van der Waals surface area contributed by atoms with Gasteiger partial charge in [-0.1, -0.05) is 83.6 Å². The first-order valence-electron chi connectivity index (χ1n) is 8.83. The van der Waals surface area contributed by atoms with E-state index < -0.39 is 0 Å². The van der Waals surface area contributed by atoms with Crippen LogP contribution in [0.5, 0.6) is 0 Å². The summed E-state index contributed by atoms with van der Waals surface area (Å²) in [5, 5.41) is 0. The van der Waals surface area contributed by atoms with Crippen LogP contribution in [0.2, 0.25) is 0 Å². The third kappa shape index (κ3) is 17.3. The van der Waals surface area contributed by atoms with Gasteiger partial charge in [-0.2, -0.15) is 0 Å². The summed E-state index contributed by atoms with van der Waals surface area (Å²) in [6.07, 6.45) is 25.6. The quantitative estimate of drug-likeness (QED) is 0.229. The zero-order chi connectivity index (χ0) is 14.7. The van der Waals surface area contributed by atoms with E-state index in [-0.39, 0.29) is 0 Å². The smallest absolute Gasteiger partial charge is 0.0861 e. The minimum absolute atomic E-state index is 1.15. The molecule has 0 heterocycles. The fourth-order valence-electron chi connectivity index (χ4n) is 2.35. The second-order valence-electron chi connectivity index (χ2n) is 5.66. The van der Waals surface area contributed by atoms with E-state index in [9.17, 15) is 0 Å². The van der Waals surface area contributed by atoms with Crippen molar-refractivity contribution in [2.75, 3.05) is 0 Å². The molecule has 0 atom stereocenters. The van der Waals surface area contributed by atoms with Crippen molar-refractivity contribution in [3.05, 3.63) is 24.7 Å². The summed E-state index contributed by atoms with van der Waals surface area (Å²) >= 11 is 0. The molecule has 0 aliphatic carbocycles. The highest BCUT2D eigenvalue weighted by Crippen LogP contribution is 2.12. The molecule has 0 aromatic rings. The van der Waals surface area contributed by atoms with Crippen molar-refractivity contribution in [1.82, 2.24) is 0 Å². The molecule has 0 amide bonds. The molecular weight excluding hydrogens is 244 g/mol. The maximum Gasteiger partial charge on any atom is 0.0861 e. The van der Waals surface area contributed by atoms with Gasteiger partial charge in [0.25, 0.3) is 0 Å². The van der Waals surface area contributed by atoms with Crippen molar-refractivity contribution in [2.24, 2.45) is 0 Å². The molecule has 0 unspecified atom stereocenters. The van der Waals surface area contributed by atoms with Crippen LogP contribution >= 0.6 is 0 Å². The molecule has 0 aliphatic rings. The molecule has 0 N–H and O–H groups in total. The van der Waals surface area contributed by atoms with Crippen LogP contribution in [0.25, 0.3) is 0 Å². The van der Waals surface area contributed by atoms with E-state index in [0.29, 0.717) is 0 Å². The van der Waals surface area contributed by atoms with Gasteiger partial charge in [-0.15, -0.1) is 0 Å².